The first-order valence-corrected chi connectivity index (χ1v) is 6.13. The number of hydrogen-bond acceptors (Lipinski definition) is 4. The Hall–Kier alpha value is -1.13. The van der Waals surface area contributed by atoms with E-state index >= 15 is 0 Å². The number of benzene rings is 1. The molecule has 0 fully saturated rings. The molecule has 76 valence electrons. The van der Waals surface area contributed by atoms with Gasteiger partial charge in [-0.05, 0) is 19.1 Å². The Kier molecular flexibility index (Phi) is 3.18. The fourth-order valence-corrected chi connectivity index (χ4v) is 2.71. The van der Waals surface area contributed by atoms with E-state index in [-0.39, 0.29) is 5.78 Å². The van der Waals surface area contributed by atoms with Gasteiger partial charge in [-0.3, -0.25) is 4.79 Å². The average molecular weight is 235 g/mol. The Balaban J connectivity index is 2.14. The fourth-order valence-electron chi connectivity index (χ4n) is 1.12. The number of aromatic nitrogens is 1. The summed E-state index contributed by atoms with van der Waals surface area (Å²) >= 11 is 3.22. The molecule has 0 spiro atoms. The first-order valence-electron chi connectivity index (χ1n) is 4.44. The molecule has 0 N–H and O–H groups in total. The van der Waals surface area contributed by atoms with Crippen LogP contribution >= 0.6 is 23.1 Å². The third-order valence-corrected chi connectivity index (χ3v) is 3.77. The minimum Gasteiger partial charge on any atom is -0.295 e. The van der Waals surface area contributed by atoms with Crippen molar-refractivity contribution in [3.63, 3.8) is 0 Å². The SMILES string of the molecule is CC(=O)c1ccc(Sc2nccs2)cc1. The summed E-state index contributed by atoms with van der Waals surface area (Å²) in [4.78, 5) is 16.3. The number of Topliss-reactive ketones (excluding diaryl/α,β-unsaturated/α-hetero) is 1. The second-order valence-electron chi connectivity index (χ2n) is 2.98. The summed E-state index contributed by atoms with van der Waals surface area (Å²) in [5.41, 5.74) is 0.749. The first-order chi connectivity index (χ1) is 7.25. The van der Waals surface area contributed by atoms with E-state index in [4.69, 9.17) is 0 Å². The van der Waals surface area contributed by atoms with Crippen LogP contribution in [-0.4, -0.2) is 10.8 Å². The van der Waals surface area contributed by atoms with Crippen LogP contribution in [0.4, 0.5) is 0 Å². The van der Waals surface area contributed by atoms with Crippen molar-refractivity contribution in [2.24, 2.45) is 0 Å². The smallest absolute Gasteiger partial charge is 0.159 e. The molecule has 2 nitrogen and oxygen atoms in total. The highest BCUT2D eigenvalue weighted by molar-refractivity contribution is 8.01. The lowest BCUT2D eigenvalue weighted by Crippen LogP contribution is -1.90. The molecule has 0 bridgehead atoms. The summed E-state index contributed by atoms with van der Waals surface area (Å²) in [6.07, 6.45) is 1.79. The zero-order valence-electron chi connectivity index (χ0n) is 8.14. The molecular weight excluding hydrogens is 226 g/mol. The average Bonchev–Trinajstić information content (AvgIpc) is 2.71. The molecule has 1 aromatic heterocycles. The molecule has 0 amide bonds. The summed E-state index contributed by atoms with van der Waals surface area (Å²) in [5.74, 6) is 0.0980. The molecular formula is C11H9NOS2. The largest absolute Gasteiger partial charge is 0.295 e. The molecule has 1 aromatic carbocycles. The maximum absolute atomic E-state index is 11.1. The molecule has 0 saturated carbocycles. The van der Waals surface area contributed by atoms with Gasteiger partial charge in [-0.25, -0.2) is 4.98 Å². The van der Waals surface area contributed by atoms with Crippen molar-refractivity contribution in [3.8, 4) is 0 Å². The summed E-state index contributed by atoms with van der Waals surface area (Å²) in [6, 6.07) is 7.59. The lowest BCUT2D eigenvalue weighted by atomic mass is 10.2. The van der Waals surface area contributed by atoms with Crippen LogP contribution in [-0.2, 0) is 0 Å². The molecule has 0 unspecified atom stereocenters. The topological polar surface area (TPSA) is 30.0 Å². The van der Waals surface area contributed by atoms with E-state index in [9.17, 15) is 4.79 Å². The van der Waals surface area contributed by atoms with Gasteiger partial charge in [-0.15, -0.1) is 11.3 Å². The van der Waals surface area contributed by atoms with Crippen molar-refractivity contribution in [1.29, 1.82) is 0 Å². The van der Waals surface area contributed by atoms with E-state index < -0.39 is 0 Å². The summed E-state index contributed by atoms with van der Waals surface area (Å²) in [5, 5.41) is 1.95. The van der Waals surface area contributed by atoms with Crippen LogP contribution in [0.2, 0.25) is 0 Å². The second-order valence-corrected chi connectivity index (χ2v) is 5.20. The van der Waals surface area contributed by atoms with Gasteiger partial charge in [0.1, 0.15) is 0 Å². The summed E-state index contributed by atoms with van der Waals surface area (Å²) in [6.45, 7) is 1.57. The third-order valence-electron chi connectivity index (χ3n) is 1.88. The summed E-state index contributed by atoms with van der Waals surface area (Å²) < 4.78 is 1.02. The number of nitrogens with zero attached hydrogens (tertiary/aromatic N) is 1. The third kappa shape index (κ3) is 2.67. The number of carbonyl (C=O) groups excluding carboxylic acids is 1. The van der Waals surface area contributed by atoms with E-state index in [0.717, 1.165) is 14.8 Å². The number of ketones is 1. The van der Waals surface area contributed by atoms with Crippen LogP contribution in [0.5, 0.6) is 0 Å². The number of hydrogen-bond donors (Lipinski definition) is 0. The molecule has 0 radical (unpaired) electrons. The highest BCUT2D eigenvalue weighted by Gasteiger charge is 2.01. The van der Waals surface area contributed by atoms with E-state index in [1.165, 1.54) is 0 Å². The molecule has 15 heavy (non-hydrogen) atoms. The van der Waals surface area contributed by atoms with Crippen LogP contribution in [0.25, 0.3) is 0 Å². The van der Waals surface area contributed by atoms with Gasteiger partial charge in [0, 0.05) is 22.0 Å². The van der Waals surface area contributed by atoms with Crippen molar-refractivity contribution >= 4 is 28.9 Å². The molecule has 0 aliphatic heterocycles. The minimum atomic E-state index is 0.0980. The molecule has 1 heterocycles. The Morgan fingerprint density at radius 2 is 2.07 bits per heavy atom. The Bertz CT molecular complexity index is 448. The second kappa shape index (κ2) is 4.59. The van der Waals surface area contributed by atoms with Gasteiger partial charge in [-0.2, -0.15) is 0 Å². The monoisotopic (exact) mass is 235 g/mol. The fraction of sp³-hybridized carbons (Fsp3) is 0.0909. The molecule has 0 saturated heterocycles. The Labute approximate surface area is 96.4 Å². The maximum Gasteiger partial charge on any atom is 0.159 e. The van der Waals surface area contributed by atoms with Gasteiger partial charge in [0.15, 0.2) is 10.1 Å². The van der Waals surface area contributed by atoms with Gasteiger partial charge >= 0.3 is 0 Å². The summed E-state index contributed by atoms with van der Waals surface area (Å²) in [7, 11) is 0. The van der Waals surface area contributed by atoms with Gasteiger partial charge < -0.3 is 0 Å². The quantitative estimate of drug-likeness (QED) is 0.763. The zero-order valence-corrected chi connectivity index (χ0v) is 9.77. The Morgan fingerprint density at radius 3 is 2.60 bits per heavy atom. The molecule has 4 heteroatoms. The predicted molar refractivity (Wildman–Crippen MR) is 62.7 cm³/mol. The molecule has 0 aliphatic rings. The van der Waals surface area contributed by atoms with Crippen molar-refractivity contribution in [2.75, 3.05) is 0 Å². The van der Waals surface area contributed by atoms with Gasteiger partial charge in [-0.1, -0.05) is 23.9 Å². The molecule has 0 atom stereocenters. The normalized spacial score (nSPS) is 10.2. The van der Waals surface area contributed by atoms with E-state index in [1.54, 1.807) is 36.2 Å². The van der Waals surface area contributed by atoms with Crippen molar-refractivity contribution in [2.45, 2.75) is 16.2 Å². The van der Waals surface area contributed by atoms with Crippen molar-refractivity contribution in [1.82, 2.24) is 4.98 Å². The van der Waals surface area contributed by atoms with Gasteiger partial charge in [0.2, 0.25) is 0 Å². The van der Waals surface area contributed by atoms with E-state index in [1.807, 2.05) is 29.6 Å². The van der Waals surface area contributed by atoms with E-state index in [2.05, 4.69) is 4.98 Å². The highest BCUT2D eigenvalue weighted by Crippen LogP contribution is 2.29. The minimum absolute atomic E-state index is 0.0980. The van der Waals surface area contributed by atoms with Crippen LogP contribution in [0.1, 0.15) is 17.3 Å². The van der Waals surface area contributed by atoms with Crippen LogP contribution < -0.4 is 0 Å². The van der Waals surface area contributed by atoms with Crippen molar-refractivity contribution in [3.05, 3.63) is 41.4 Å². The number of carbonyl (C=O) groups is 1. The van der Waals surface area contributed by atoms with E-state index in [0.29, 0.717) is 0 Å². The van der Waals surface area contributed by atoms with Crippen molar-refractivity contribution < 1.29 is 4.79 Å². The van der Waals surface area contributed by atoms with Crippen LogP contribution in [0.15, 0.2) is 45.1 Å². The molecule has 2 aromatic rings. The van der Waals surface area contributed by atoms with Crippen LogP contribution in [0, 0.1) is 0 Å². The highest BCUT2D eigenvalue weighted by atomic mass is 32.2. The standard InChI is InChI=1S/C11H9NOS2/c1-8(13)9-2-4-10(5-3-9)15-11-12-6-7-14-11/h2-7H,1H3. The Morgan fingerprint density at radius 1 is 1.33 bits per heavy atom. The predicted octanol–water partition coefficient (Wildman–Crippen LogP) is 3.50. The lowest BCUT2D eigenvalue weighted by Gasteiger charge is -1.98. The first kappa shape index (κ1) is 10.4. The van der Waals surface area contributed by atoms with Gasteiger partial charge in [0.05, 0.1) is 0 Å². The molecule has 2 rings (SSSR count). The number of rotatable bonds is 3. The zero-order chi connectivity index (χ0) is 10.7. The van der Waals surface area contributed by atoms with Gasteiger partial charge in [0.25, 0.3) is 0 Å². The maximum atomic E-state index is 11.1. The van der Waals surface area contributed by atoms with Crippen LogP contribution in [0.3, 0.4) is 0 Å². The molecule has 0 aliphatic carbocycles. The number of thiazole rings is 1. The lowest BCUT2D eigenvalue weighted by molar-refractivity contribution is 0.101.